The molecule has 1 heterocycles. The number of aromatic nitrogens is 2. The lowest BCUT2D eigenvalue weighted by molar-refractivity contribution is 0.282. The van der Waals surface area contributed by atoms with Crippen molar-refractivity contribution in [3.63, 3.8) is 0 Å². The van der Waals surface area contributed by atoms with Crippen LogP contribution in [0, 0.1) is 10.8 Å². The van der Waals surface area contributed by atoms with E-state index in [4.69, 9.17) is 0 Å². The van der Waals surface area contributed by atoms with E-state index in [1.165, 1.54) is 36.1 Å². The SMILES string of the molecule is CC1(C)CCC(C)(C)C2=C1CCc1cncnc12. The van der Waals surface area contributed by atoms with E-state index in [1.807, 2.05) is 6.20 Å². The molecule has 0 bridgehead atoms. The second-order valence-corrected chi connectivity index (χ2v) is 7.02. The maximum absolute atomic E-state index is 4.60. The first-order chi connectivity index (χ1) is 8.42. The van der Waals surface area contributed by atoms with Gasteiger partial charge in [0.2, 0.25) is 0 Å². The second kappa shape index (κ2) is 3.66. The lowest BCUT2D eigenvalue weighted by Crippen LogP contribution is -2.33. The zero-order chi connectivity index (χ0) is 13.0. The van der Waals surface area contributed by atoms with Gasteiger partial charge in [0.05, 0.1) is 5.69 Å². The van der Waals surface area contributed by atoms with Gasteiger partial charge in [-0.05, 0) is 47.6 Å². The Kier molecular flexibility index (Phi) is 2.42. The Morgan fingerprint density at radius 2 is 1.72 bits per heavy atom. The summed E-state index contributed by atoms with van der Waals surface area (Å²) in [6.07, 6.45) is 8.54. The summed E-state index contributed by atoms with van der Waals surface area (Å²) in [6, 6.07) is 0. The fourth-order valence-corrected chi connectivity index (χ4v) is 3.60. The highest BCUT2D eigenvalue weighted by Gasteiger charge is 2.42. The molecule has 3 rings (SSSR count). The number of fused-ring (bicyclic) bond motifs is 2. The van der Waals surface area contributed by atoms with Crippen molar-refractivity contribution < 1.29 is 0 Å². The lowest BCUT2D eigenvalue weighted by atomic mass is 9.59. The number of nitrogens with zero attached hydrogens (tertiary/aromatic N) is 2. The molecule has 0 N–H and O–H groups in total. The molecule has 0 fully saturated rings. The zero-order valence-electron chi connectivity index (χ0n) is 11.9. The van der Waals surface area contributed by atoms with Crippen molar-refractivity contribution in [1.82, 2.24) is 9.97 Å². The van der Waals surface area contributed by atoms with Gasteiger partial charge in [0.1, 0.15) is 6.33 Å². The first-order valence-corrected chi connectivity index (χ1v) is 6.95. The summed E-state index contributed by atoms with van der Waals surface area (Å²) in [6.45, 7) is 9.52. The fraction of sp³-hybridized carbons (Fsp3) is 0.625. The van der Waals surface area contributed by atoms with Gasteiger partial charge in [0, 0.05) is 6.20 Å². The van der Waals surface area contributed by atoms with Crippen LogP contribution < -0.4 is 0 Å². The number of hydrogen-bond acceptors (Lipinski definition) is 2. The molecule has 1 aromatic rings. The lowest BCUT2D eigenvalue weighted by Gasteiger charge is -2.45. The molecule has 96 valence electrons. The van der Waals surface area contributed by atoms with Crippen molar-refractivity contribution in [1.29, 1.82) is 0 Å². The Bertz CT molecular complexity index is 524. The largest absolute Gasteiger partial charge is 0.244 e. The summed E-state index contributed by atoms with van der Waals surface area (Å²) < 4.78 is 0. The summed E-state index contributed by atoms with van der Waals surface area (Å²) in [5.41, 5.74) is 6.32. The number of rotatable bonds is 0. The van der Waals surface area contributed by atoms with Crippen molar-refractivity contribution in [2.24, 2.45) is 10.8 Å². The van der Waals surface area contributed by atoms with E-state index in [-0.39, 0.29) is 5.41 Å². The Labute approximate surface area is 110 Å². The van der Waals surface area contributed by atoms with Crippen molar-refractivity contribution in [3.05, 3.63) is 29.4 Å². The van der Waals surface area contributed by atoms with Gasteiger partial charge in [-0.2, -0.15) is 0 Å². The molecule has 0 radical (unpaired) electrons. The minimum Gasteiger partial charge on any atom is -0.244 e. The van der Waals surface area contributed by atoms with Crippen LogP contribution in [0.4, 0.5) is 0 Å². The molecule has 0 unspecified atom stereocenters. The average Bonchev–Trinajstić information content (AvgIpc) is 2.34. The van der Waals surface area contributed by atoms with Crippen LogP contribution in [0.1, 0.15) is 58.2 Å². The van der Waals surface area contributed by atoms with Crippen molar-refractivity contribution in [2.45, 2.75) is 53.4 Å². The highest BCUT2D eigenvalue weighted by Crippen LogP contribution is 2.55. The first kappa shape index (κ1) is 11.9. The minimum atomic E-state index is 0.258. The van der Waals surface area contributed by atoms with Crippen molar-refractivity contribution >= 4 is 5.57 Å². The molecule has 2 aliphatic rings. The van der Waals surface area contributed by atoms with Gasteiger partial charge in [-0.15, -0.1) is 0 Å². The van der Waals surface area contributed by atoms with Crippen LogP contribution in [-0.2, 0) is 6.42 Å². The molecule has 0 spiro atoms. The third-order valence-corrected chi connectivity index (χ3v) is 4.84. The Balaban J connectivity index is 2.27. The molecule has 18 heavy (non-hydrogen) atoms. The summed E-state index contributed by atoms with van der Waals surface area (Å²) in [7, 11) is 0. The quantitative estimate of drug-likeness (QED) is 0.686. The Hall–Kier alpha value is -1.18. The molecular formula is C16H22N2. The monoisotopic (exact) mass is 242 g/mol. The number of aryl methyl sites for hydroxylation is 1. The second-order valence-electron chi connectivity index (χ2n) is 7.02. The topological polar surface area (TPSA) is 25.8 Å². The van der Waals surface area contributed by atoms with E-state index < -0.39 is 0 Å². The van der Waals surface area contributed by atoms with Crippen LogP contribution in [-0.4, -0.2) is 9.97 Å². The molecule has 0 atom stereocenters. The fourth-order valence-electron chi connectivity index (χ4n) is 3.60. The van der Waals surface area contributed by atoms with Crippen LogP contribution in [0.3, 0.4) is 0 Å². The minimum absolute atomic E-state index is 0.258. The Morgan fingerprint density at radius 1 is 1.00 bits per heavy atom. The standard InChI is InChI=1S/C16H22N2/c1-15(2)7-8-16(3,4)13-12(15)6-5-11-9-17-10-18-14(11)13/h9-10H,5-8H2,1-4H3. The van der Waals surface area contributed by atoms with Crippen LogP contribution in [0.5, 0.6) is 0 Å². The van der Waals surface area contributed by atoms with Gasteiger partial charge < -0.3 is 0 Å². The van der Waals surface area contributed by atoms with E-state index in [2.05, 4.69) is 37.7 Å². The number of allylic oxidation sites excluding steroid dienone is 2. The van der Waals surface area contributed by atoms with Crippen LogP contribution in [0.25, 0.3) is 5.57 Å². The summed E-state index contributed by atoms with van der Waals surface area (Å²) in [5.74, 6) is 0. The summed E-state index contributed by atoms with van der Waals surface area (Å²) >= 11 is 0. The molecule has 0 amide bonds. The molecule has 0 aliphatic heterocycles. The van der Waals surface area contributed by atoms with Gasteiger partial charge in [-0.25, -0.2) is 9.97 Å². The van der Waals surface area contributed by atoms with Crippen LogP contribution in [0.2, 0.25) is 0 Å². The number of hydrogen-bond donors (Lipinski definition) is 0. The summed E-state index contributed by atoms with van der Waals surface area (Å²) in [5, 5.41) is 0. The van der Waals surface area contributed by atoms with Crippen LogP contribution >= 0.6 is 0 Å². The van der Waals surface area contributed by atoms with Crippen molar-refractivity contribution in [3.8, 4) is 0 Å². The highest BCUT2D eigenvalue weighted by atomic mass is 14.8. The molecule has 2 nitrogen and oxygen atoms in total. The normalized spacial score (nSPS) is 24.4. The highest BCUT2D eigenvalue weighted by molar-refractivity contribution is 5.75. The maximum Gasteiger partial charge on any atom is 0.116 e. The third-order valence-electron chi connectivity index (χ3n) is 4.84. The van der Waals surface area contributed by atoms with Gasteiger partial charge in [0.25, 0.3) is 0 Å². The van der Waals surface area contributed by atoms with Gasteiger partial charge in [0.15, 0.2) is 0 Å². The van der Waals surface area contributed by atoms with E-state index in [9.17, 15) is 0 Å². The van der Waals surface area contributed by atoms with Gasteiger partial charge in [-0.1, -0.05) is 33.3 Å². The molecule has 2 heteroatoms. The molecular weight excluding hydrogens is 220 g/mol. The van der Waals surface area contributed by atoms with Gasteiger partial charge in [-0.3, -0.25) is 0 Å². The first-order valence-electron chi connectivity index (χ1n) is 6.95. The zero-order valence-corrected chi connectivity index (χ0v) is 11.9. The third kappa shape index (κ3) is 1.62. The maximum atomic E-state index is 4.60. The molecule has 2 aliphatic carbocycles. The molecule has 1 aromatic heterocycles. The predicted molar refractivity (Wildman–Crippen MR) is 74.1 cm³/mol. The molecule has 0 saturated heterocycles. The van der Waals surface area contributed by atoms with E-state index in [0.29, 0.717) is 5.41 Å². The molecule has 0 aromatic carbocycles. The smallest absolute Gasteiger partial charge is 0.116 e. The Morgan fingerprint density at radius 3 is 2.50 bits per heavy atom. The predicted octanol–water partition coefficient (Wildman–Crippen LogP) is 4.02. The summed E-state index contributed by atoms with van der Waals surface area (Å²) in [4.78, 5) is 8.78. The molecule has 0 saturated carbocycles. The van der Waals surface area contributed by atoms with Crippen LogP contribution in [0.15, 0.2) is 18.1 Å². The average molecular weight is 242 g/mol. The van der Waals surface area contributed by atoms with E-state index in [1.54, 1.807) is 11.9 Å². The van der Waals surface area contributed by atoms with E-state index in [0.717, 1.165) is 6.42 Å². The van der Waals surface area contributed by atoms with Crippen molar-refractivity contribution in [2.75, 3.05) is 0 Å². The van der Waals surface area contributed by atoms with E-state index >= 15 is 0 Å². The van der Waals surface area contributed by atoms with Gasteiger partial charge >= 0.3 is 0 Å².